The molecule has 0 radical (unpaired) electrons. The van der Waals surface area contributed by atoms with Crippen molar-refractivity contribution in [2.24, 2.45) is 5.41 Å². The van der Waals surface area contributed by atoms with Crippen LogP contribution >= 0.6 is 0 Å². The Hall–Kier alpha value is -3.81. The Labute approximate surface area is 196 Å². The van der Waals surface area contributed by atoms with Gasteiger partial charge in [0.1, 0.15) is 12.3 Å². The fourth-order valence-electron chi connectivity index (χ4n) is 5.47. The van der Waals surface area contributed by atoms with Gasteiger partial charge in [-0.1, -0.05) is 30.3 Å². The Balaban J connectivity index is 1.10. The molecule has 2 aliphatic rings. The maximum absolute atomic E-state index is 12.6. The molecule has 1 amide bonds. The molecule has 2 aliphatic heterocycles. The molecule has 0 atom stereocenters. The first-order chi connectivity index (χ1) is 16.6. The topological polar surface area (TPSA) is 94.3 Å². The third kappa shape index (κ3) is 3.69. The number of ether oxygens (including phenoxy) is 1. The number of aromatic nitrogens is 3. The lowest BCUT2D eigenvalue weighted by Gasteiger charge is -2.40. The smallest absolute Gasteiger partial charge is 0.410 e. The van der Waals surface area contributed by atoms with E-state index in [1.807, 2.05) is 41.3 Å². The lowest BCUT2D eigenvalue weighted by molar-refractivity contribution is 0.0974. The summed E-state index contributed by atoms with van der Waals surface area (Å²) in [5.41, 5.74) is 3.72. The predicted octanol–water partition coefficient (Wildman–Crippen LogP) is 4.03. The van der Waals surface area contributed by atoms with Crippen LogP contribution in [0.4, 0.5) is 10.5 Å². The highest BCUT2D eigenvalue weighted by atomic mass is 16.6. The zero-order valence-corrected chi connectivity index (χ0v) is 18.9. The fourth-order valence-corrected chi connectivity index (χ4v) is 5.47. The minimum absolute atomic E-state index is 0.128. The van der Waals surface area contributed by atoms with Gasteiger partial charge in [0.25, 0.3) is 5.56 Å². The van der Waals surface area contributed by atoms with E-state index in [9.17, 15) is 9.59 Å². The van der Waals surface area contributed by atoms with Crippen LogP contribution in [0.1, 0.15) is 24.8 Å². The zero-order valence-electron chi connectivity index (χ0n) is 18.9. The van der Waals surface area contributed by atoms with Gasteiger partial charge in [0.05, 0.1) is 11.7 Å². The quantitative estimate of drug-likeness (QED) is 0.484. The van der Waals surface area contributed by atoms with Crippen molar-refractivity contribution in [1.29, 1.82) is 0 Å². The second kappa shape index (κ2) is 8.20. The summed E-state index contributed by atoms with van der Waals surface area (Å²) in [6.07, 6.45) is 4.32. The van der Waals surface area contributed by atoms with Crippen molar-refractivity contribution in [2.75, 3.05) is 31.1 Å². The van der Waals surface area contributed by atoms with Gasteiger partial charge in [0.15, 0.2) is 0 Å². The Morgan fingerprint density at radius 3 is 2.68 bits per heavy atom. The molecule has 8 nitrogen and oxygen atoms in total. The molecule has 4 aromatic rings. The number of likely N-dealkylation sites (tertiary alicyclic amines) is 1. The number of piperidine rings is 1. The molecular formula is C26H27N5O3. The van der Waals surface area contributed by atoms with Gasteiger partial charge in [-0.25, -0.2) is 9.78 Å². The molecule has 174 valence electrons. The van der Waals surface area contributed by atoms with Crippen molar-refractivity contribution in [3.8, 4) is 0 Å². The average molecular weight is 458 g/mol. The van der Waals surface area contributed by atoms with Crippen molar-refractivity contribution < 1.29 is 9.53 Å². The fraction of sp³-hybridized carbons (Fsp3) is 0.346. The van der Waals surface area contributed by atoms with Gasteiger partial charge < -0.3 is 24.5 Å². The van der Waals surface area contributed by atoms with E-state index in [0.29, 0.717) is 17.6 Å². The number of hydrogen-bond acceptors (Lipinski definition) is 5. The lowest BCUT2D eigenvalue weighted by Crippen LogP contribution is -2.42. The summed E-state index contributed by atoms with van der Waals surface area (Å²) in [5.74, 6) is 0. The number of benzene rings is 2. The summed E-state index contributed by atoms with van der Waals surface area (Å²) in [6.45, 7) is 3.73. The molecule has 8 heteroatoms. The van der Waals surface area contributed by atoms with Gasteiger partial charge in [-0.2, -0.15) is 0 Å². The number of aromatic amines is 2. The standard InChI is InChI=1S/C26H27N5O3/c32-24-22-20-7-6-19(14-21(20)29-23(22)27-17-28-24)30-11-8-26(9-12-30)10-13-31(16-26)25(33)34-15-18-4-2-1-3-5-18/h1-7,14,17H,8-13,15-16H2,(H2,27,28,29,32). The number of amides is 1. The third-order valence-electron chi connectivity index (χ3n) is 7.47. The van der Waals surface area contributed by atoms with Crippen LogP contribution in [-0.2, 0) is 11.3 Å². The molecule has 2 aromatic heterocycles. The van der Waals surface area contributed by atoms with E-state index in [2.05, 4.69) is 32.0 Å². The monoisotopic (exact) mass is 457 g/mol. The highest BCUT2D eigenvalue weighted by Gasteiger charge is 2.42. The third-order valence-corrected chi connectivity index (χ3v) is 7.47. The maximum Gasteiger partial charge on any atom is 0.410 e. The van der Waals surface area contributed by atoms with Gasteiger partial charge in [-0.05, 0) is 48.4 Å². The molecule has 4 heterocycles. The summed E-state index contributed by atoms with van der Waals surface area (Å²) >= 11 is 0. The predicted molar refractivity (Wildman–Crippen MR) is 131 cm³/mol. The second-order valence-corrected chi connectivity index (χ2v) is 9.51. The largest absolute Gasteiger partial charge is 0.445 e. The molecular weight excluding hydrogens is 430 g/mol. The Kier molecular flexibility index (Phi) is 5.01. The van der Waals surface area contributed by atoms with Gasteiger partial charge in [-0.15, -0.1) is 0 Å². The normalized spacial score (nSPS) is 17.6. The number of nitrogens with zero attached hydrogens (tertiary/aromatic N) is 3. The van der Waals surface area contributed by atoms with Gasteiger partial charge in [-0.3, -0.25) is 4.79 Å². The Morgan fingerprint density at radius 1 is 1.06 bits per heavy atom. The minimum Gasteiger partial charge on any atom is -0.445 e. The molecule has 6 rings (SSSR count). The van der Waals surface area contributed by atoms with E-state index in [4.69, 9.17) is 4.74 Å². The number of H-pyrrole nitrogens is 2. The maximum atomic E-state index is 12.6. The first kappa shape index (κ1) is 20.8. The number of carbonyl (C=O) groups is 1. The summed E-state index contributed by atoms with van der Waals surface area (Å²) in [6, 6.07) is 16.0. The molecule has 1 spiro atoms. The number of nitrogens with one attached hydrogen (secondary N) is 2. The van der Waals surface area contributed by atoms with Gasteiger partial charge >= 0.3 is 6.09 Å². The van der Waals surface area contributed by atoms with Gasteiger partial charge in [0, 0.05) is 42.8 Å². The zero-order chi connectivity index (χ0) is 23.1. The van der Waals surface area contributed by atoms with Crippen LogP contribution in [-0.4, -0.2) is 52.1 Å². The Morgan fingerprint density at radius 2 is 1.85 bits per heavy atom. The van der Waals surface area contributed by atoms with Crippen LogP contribution in [0.25, 0.3) is 21.9 Å². The first-order valence-electron chi connectivity index (χ1n) is 11.8. The van der Waals surface area contributed by atoms with Crippen LogP contribution < -0.4 is 10.5 Å². The van der Waals surface area contributed by atoms with Crippen molar-refractivity contribution in [1.82, 2.24) is 19.9 Å². The summed E-state index contributed by atoms with van der Waals surface area (Å²) in [4.78, 5) is 39.3. The molecule has 34 heavy (non-hydrogen) atoms. The highest BCUT2D eigenvalue weighted by Crippen LogP contribution is 2.42. The van der Waals surface area contributed by atoms with Crippen LogP contribution in [0.3, 0.4) is 0 Å². The van der Waals surface area contributed by atoms with E-state index in [0.717, 1.165) is 67.6 Å². The van der Waals surface area contributed by atoms with Crippen molar-refractivity contribution in [3.63, 3.8) is 0 Å². The lowest BCUT2D eigenvalue weighted by atomic mass is 9.77. The number of rotatable bonds is 3. The van der Waals surface area contributed by atoms with Gasteiger partial charge in [0.2, 0.25) is 0 Å². The van der Waals surface area contributed by atoms with Crippen LogP contribution in [0, 0.1) is 5.41 Å². The molecule has 0 saturated carbocycles. The molecule has 0 aliphatic carbocycles. The van der Waals surface area contributed by atoms with Crippen molar-refractivity contribution in [2.45, 2.75) is 25.9 Å². The van der Waals surface area contributed by atoms with Crippen LogP contribution in [0.15, 0.2) is 59.7 Å². The summed E-state index contributed by atoms with van der Waals surface area (Å²) < 4.78 is 5.55. The minimum atomic E-state index is -0.212. The number of fused-ring (bicyclic) bond motifs is 3. The summed E-state index contributed by atoms with van der Waals surface area (Å²) in [7, 11) is 0. The van der Waals surface area contributed by atoms with E-state index in [1.165, 1.54) is 6.33 Å². The summed E-state index contributed by atoms with van der Waals surface area (Å²) in [5, 5.41) is 1.49. The first-order valence-corrected chi connectivity index (χ1v) is 11.8. The number of hydrogen-bond donors (Lipinski definition) is 2. The number of anilines is 1. The van der Waals surface area contributed by atoms with E-state index in [-0.39, 0.29) is 17.1 Å². The molecule has 2 aromatic carbocycles. The SMILES string of the molecule is O=C(OCc1ccccc1)N1CCC2(CCN(c3ccc4c(c3)[nH]c3nc[nH]c(=O)c34)CC2)C1. The molecule has 2 N–H and O–H groups in total. The Bertz CT molecular complexity index is 1400. The van der Waals surface area contributed by atoms with Crippen molar-refractivity contribution >= 4 is 33.7 Å². The van der Waals surface area contributed by atoms with E-state index >= 15 is 0 Å². The molecule has 2 saturated heterocycles. The molecule has 0 unspecified atom stereocenters. The molecule has 0 bridgehead atoms. The molecule has 2 fully saturated rings. The highest BCUT2D eigenvalue weighted by molar-refractivity contribution is 6.06. The van der Waals surface area contributed by atoms with Crippen molar-refractivity contribution in [3.05, 3.63) is 70.8 Å². The second-order valence-electron chi connectivity index (χ2n) is 9.51. The van der Waals surface area contributed by atoms with E-state index in [1.54, 1.807) is 0 Å². The van der Waals surface area contributed by atoms with E-state index < -0.39 is 0 Å². The van der Waals surface area contributed by atoms with Crippen LogP contribution in [0.2, 0.25) is 0 Å². The van der Waals surface area contributed by atoms with Crippen LogP contribution in [0.5, 0.6) is 0 Å². The average Bonchev–Trinajstić information content (AvgIpc) is 3.45. The number of carbonyl (C=O) groups excluding carboxylic acids is 1.